The summed E-state index contributed by atoms with van der Waals surface area (Å²) in [6.45, 7) is 5.30. The van der Waals surface area contributed by atoms with Crippen molar-refractivity contribution in [2.45, 2.75) is 38.3 Å². The van der Waals surface area contributed by atoms with Crippen LogP contribution in [-0.2, 0) is 4.79 Å². The zero-order valence-electron chi connectivity index (χ0n) is 14.9. The van der Waals surface area contributed by atoms with Crippen LogP contribution in [0.1, 0.15) is 37.8 Å². The predicted octanol–water partition coefficient (Wildman–Crippen LogP) is 1.73. The average Bonchev–Trinajstić information content (AvgIpc) is 3.10. The van der Waals surface area contributed by atoms with Gasteiger partial charge in [0.05, 0.1) is 0 Å². The third-order valence-corrected chi connectivity index (χ3v) is 5.56. The van der Waals surface area contributed by atoms with Crippen LogP contribution in [0.2, 0.25) is 0 Å². The fraction of sp³-hybridized carbons (Fsp3) is 0.579. The second-order valence-corrected chi connectivity index (χ2v) is 7.18. The molecule has 136 valence electrons. The molecule has 1 aromatic rings. The molecule has 2 aliphatic rings. The molecular formula is C19H28N4O2. The second kappa shape index (κ2) is 7.87. The number of rotatable bonds is 4. The Hall–Kier alpha value is -2.08. The Labute approximate surface area is 149 Å². The fourth-order valence-corrected chi connectivity index (χ4v) is 3.83. The summed E-state index contributed by atoms with van der Waals surface area (Å²) < 4.78 is 0. The summed E-state index contributed by atoms with van der Waals surface area (Å²) >= 11 is 0. The van der Waals surface area contributed by atoms with Crippen LogP contribution in [0.15, 0.2) is 30.3 Å². The van der Waals surface area contributed by atoms with Gasteiger partial charge in [-0.15, -0.1) is 0 Å². The Morgan fingerprint density at radius 1 is 1.12 bits per heavy atom. The summed E-state index contributed by atoms with van der Waals surface area (Å²) in [6.07, 6.45) is 2.32. The first-order valence-electron chi connectivity index (χ1n) is 9.18. The lowest BCUT2D eigenvalue weighted by Gasteiger charge is -2.31. The molecule has 0 bridgehead atoms. The molecule has 6 heteroatoms. The smallest absolute Gasteiger partial charge is 0.317 e. The highest BCUT2D eigenvalue weighted by molar-refractivity contribution is 5.78. The van der Waals surface area contributed by atoms with E-state index in [9.17, 15) is 9.59 Å². The van der Waals surface area contributed by atoms with Crippen molar-refractivity contribution in [1.29, 1.82) is 0 Å². The predicted molar refractivity (Wildman–Crippen MR) is 96.9 cm³/mol. The van der Waals surface area contributed by atoms with Crippen molar-refractivity contribution in [3.05, 3.63) is 35.9 Å². The molecule has 2 aliphatic heterocycles. The summed E-state index contributed by atoms with van der Waals surface area (Å²) in [6, 6.07) is 11.0. The van der Waals surface area contributed by atoms with Gasteiger partial charge in [-0.1, -0.05) is 30.3 Å². The van der Waals surface area contributed by atoms with E-state index in [2.05, 4.69) is 41.4 Å². The van der Waals surface area contributed by atoms with Crippen LogP contribution in [-0.4, -0.2) is 54.0 Å². The van der Waals surface area contributed by atoms with Crippen LogP contribution in [0.25, 0.3) is 0 Å². The Bertz CT molecular complexity index is 599. The van der Waals surface area contributed by atoms with Crippen molar-refractivity contribution in [2.75, 3.05) is 26.2 Å². The number of likely N-dealkylation sites (tertiary alicyclic amines) is 2. The first-order chi connectivity index (χ1) is 12.0. The maximum Gasteiger partial charge on any atom is 0.317 e. The minimum absolute atomic E-state index is 0.0119. The van der Waals surface area contributed by atoms with Gasteiger partial charge in [-0.05, 0) is 31.7 Å². The van der Waals surface area contributed by atoms with Gasteiger partial charge in [0.1, 0.15) is 0 Å². The molecule has 3 rings (SSSR count). The third kappa shape index (κ3) is 4.31. The van der Waals surface area contributed by atoms with Gasteiger partial charge >= 0.3 is 6.03 Å². The molecule has 0 spiro atoms. The van der Waals surface area contributed by atoms with Crippen LogP contribution in [0.5, 0.6) is 0 Å². The number of nitrogens with zero attached hydrogens (tertiary/aromatic N) is 2. The highest BCUT2D eigenvalue weighted by atomic mass is 16.2. The lowest BCUT2D eigenvalue weighted by atomic mass is 9.96. The summed E-state index contributed by atoms with van der Waals surface area (Å²) in [4.78, 5) is 27.9. The average molecular weight is 344 g/mol. The second-order valence-electron chi connectivity index (χ2n) is 7.18. The molecule has 0 aromatic heterocycles. The normalized spacial score (nSPS) is 23.4. The molecule has 0 unspecified atom stereocenters. The van der Waals surface area contributed by atoms with Gasteiger partial charge in [0, 0.05) is 44.2 Å². The van der Waals surface area contributed by atoms with E-state index < -0.39 is 0 Å². The van der Waals surface area contributed by atoms with Gasteiger partial charge in [0.25, 0.3) is 0 Å². The Morgan fingerprint density at radius 2 is 1.80 bits per heavy atom. The van der Waals surface area contributed by atoms with Crippen LogP contribution < -0.4 is 11.1 Å². The molecule has 6 nitrogen and oxygen atoms in total. The fourth-order valence-electron chi connectivity index (χ4n) is 3.83. The van der Waals surface area contributed by atoms with Gasteiger partial charge in [0.2, 0.25) is 5.91 Å². The minimum Gasteiger partial charge on any atom is -0.369 e. The molecule has 0 saturated carbocycles. The molecule has 25 heavy (non-hydrogen) atoms. The van der Waals surface area contributed by atoms with Gasteiger partial charge < -0.3 is 16.0 Å². The number of nitrogens with one attached hydrogen (secondary N) is 1. The largest absolute Gasteiger partial charge is 0.369 e. The van der Waals surface area contributed by atoms with E-state index in [1.807, 2.05) is 11.0 Å². The molecular weight excluding hydrogens is 316 g/mol. The molecule has 2 saturated heterocycles. The number of carbonyl (C=O) groups excluding carboxylic acids is 2. The molecule has 3 N–H and O–H groups in total. The number of nitrogens with two attached hydrogens (primary N) is 1. The Morgan fingerprint density at radius 3 is 2.44 bits per heavy atom. The monoisotopic (exact) mass is 344 g/mol. The number of primary amides is 1. The quantitative estimate of drug-likeness (QED) is 0.873. The lowest BCUT2D eigenvalue weighted by molar-refractivity contribution is -0.123. The number of hydrogen-bond donors (Lipinski definition) is 2. The van der Waals surface area contributed by atoms with Gasteiger partial charge in [0.15, 0.2) is 0 Å². The summed E-state index contributed by atoms with van der Waals surface area (Å²) in [5, 5.41) is 3.16. The number of urea groups is 1. The molecule has 2 fully saturated rings. The molecule has 3 amide bonds. The van der Waals surface area contributed by atoms with Gasteiger partial charge in [-0.3, -0.25) is 9.69 Å². The third-order valence-electron chi connectivity index (χ3n) is 5.56. The molecule has 2 heterocycles. The summed E-state index contributed by atoms with van der Waals surface area (Å²) in [5.74, 6) is -0.334. The van der Waals surface area contributed by atoms with Crippen molar-refractivity contribution < 1.29 is 9.59 Å². The highest BCUT2D eigenvalue weighted by Gasteiger charge is 2.30. The van der Waals surface area contributed by atoms with E-state index in [4.69, 9.17) is 5.73 Å². The topological polar surface area (TPSA) is 78.7 Å². The SMILES string of the molecule is C[C@@H](c1ccccc1)N1CC[C@H](NC(=O)N2CCC(C(N)=O)CC2)C1. The number of hydrogen-bond acceptors (Lipinski definition) is 3. The van der Waals surface area contributed by atoms with Crippen molar-refractivity contribution in [2.24, 2.45) is 11.7 Å². The first-order valence-corrected chi connectivity index (χ1v) is 9.18. The van der Waals surface area contributed by atoms with Gasteiger partial charge in [-0.25, -0.2) is 4.79 Å². The highest BCUT2D eigenvalue weighted by Crippen LogP contribution is 2.24. The zero-order chi connectivity index (χ0) is 17.8. The Kier molecular flexibility index (Phi) is 5.58. The number of carbonyl (C=O) groups is 2. The van der Waals surface area contributed by atoms with E-state index in [0.29, 0.717) is 32.0 Å². The van der Waals surface area contributed by atoms with E-state index >= 15 is 0 Å². The lowest BCUT2D eigenvalue weighted by Crippen LogP contribution is -2.49. The standard InChI is InChI=1S/C19H28N4O2/c1-14(15-5-3-2-4-6-15)23-12-9-17(13-23)21-19(25)22-10-7-16(8-11-22)18(20)24/h2-6,14,16-17H,7-13H2,1H3,(H2,20,24)(H,21,25)/t14-,17-/m0/s1. The van der Waals surface area contributed by atoms with Crippen molar-refractivity contribution in [3.8, 4) is 0 Å². The maximum absolute atomic E-state index is 12.5. The van der Waals surface area contributed by atoms with Crippen LogP contribution >= 0.6 is 0 Å². The van der Waals surface area contributed by atoms with Crippen molar-refractivity contribution in [3.63, 3.8) is 0 Å². The van der Waals surface area contributed by atoms with Crippen LogP contribution in [0.4, 0.5) is 4.79 Å². The van der Waals surface area contributed by atoms with E-state index in [-0.39, 0.29) is 23.9 Å². The van der Waals surface area contributed by atoms with Crippen LogP contribution in [0.3, 0.4) is 0 Å². The number of piperidine rings is 1. The first kappa shape index (κ1) is 17.7. The van der Waals surface area contributed by atoms with E-state index in [0.717, 1.165) is 19.5 Å². The zero-order valence-corrected chi connectivity index (χ0v) is 14.9. The number of benzene rings is 1. The molecule has 1 aromatic carbocycles. The summed E-state index contributed by atoms with van der Waals surface area (Å²) in [5.41, 5.74) is 6.66. The molecule has 2 atom stereocenters. The maximum atomic E-state index is 12.5. The van der Waals surface area contributed by atoms with Gasteiger partial charge in [-0.2, -0.15) is 0 Å². The Balaban J connectivity index is 1.47. The molecule has 0 radical (unpaired) electrons. The van der Waals surface area contributed by atoms with E-state index in [1.165, 1.54) is 5.56 Å². The van der Waals surface area contributed by atoms with Crippen LogP contribution in [0, 0.1) is 5.92 Å². The van der Waals surface area contributed by atoms with Crippen molar-refractivity contribution >= 4 is 11.9 Å². The molecule has 0 aliphatic carbocycles. The minimum atomic E-state index is -0.249. The number of amides is 3. The summed E-state index contributed by atoms with van der Waals surface area (Å²) in [7, 11) is 0. The van der Waals surface area contributed by atoms with E-state index in [1.54, 1.807) is 0 Å². The van der Waals surface area contributed by atoms with Crippen molar-refractivity contribution in [1.82, 2.24) is 15.1 Å².